The average Bonchev–Trinajstić information content (AvgIpc) is 2.90. The van der Waals surface area contributed by atoms with Crippen molar-refractivity contribution in [2.45, 2.75) is 32.2 Å². The van der Waals surface area contributed by atoms with Gasteiger partial charge in [-0.15, -0.1) is 0 Å². The van der Waals surface area contributed by atoms with Gasteiger partial charge in [-0.1, -0.05) is 68.7 Å². The van der Waals surface area contributed by atoms with Crippen molar-refractivity contribution in [3.05, 3.63) is 97.4 Å². The van der Waals surface area contributed by atoms with E-state index in [0.717, 1.165) is 37.2 Å². The summed E-state index contributed by atoms with van der Waals surface area (Å²) in [7, 11) is 1.77. The molecule has 0 fully saturated rings. The second-order valence-corrected chi connectivity index (χ2v) is 7.71. The number of carboxylic acid groups (broad SMARTS) is 1. The minimum atomic E-state index is -0.795. The monoisotopic (exact) mass is 514 g/mol. The van der Waals surface area contributed by atoms with Crippen LogP contribution in [-0.2, 0) is 16.0 Å². The molecule has 202 valence electrons. The molecule has 7 nitrogen and oxygen atoms in total. The van der Waals surface area contributed by atoms with Gasteiger partial charge < -0.3 is 25.2 Å². The number of carboxylic acids is 1. The Morgan fingerprint density at radius 2 is 1.76 bits per heavy atom. The van der Waals surface area contributed by atoms with Crippen molar-refractivity contribution in [1.82, 2.24) is 10.2 Å². The number of phenolic OH excluding ortho intramolecular Hbond substituents is 1. The molecule has 0 spiro atoms. The van der Waals surface area contributed by atoms with E-state index >= 15 is 0 Å². The zero-order valence-corrected chi connectivity index (χ0v) is 21.7. The maximum atomic E-state index is 12.1. The van der Waals surface area contributed by atoms with Crippen molar-refractivity contribution in [1.29, 1.82) is 0 Å². The number of hydrogen-bond donors (Lipinski definition) is 3. The smallest absolute Gasteiger partial charge is 0.303 e. The number of ether oxygens (including phenoxy) is 1. The average molecular weight is 515 g/mol. The Bertz CT molecular complexity index is 917. The number of carbonyl (C=O) groups excluding carboxylic acids is 1. The SMILES string of the molecule is C=C/C=C\C=C.CCNC[C@H](CCOc1ccc(CCC(=O)O)cc1)N(C)C=O.Oc1ccccc1F. The highest BCUT2D eigenvalue weighted by Crippen LogP contribution is 2.14. The van der Waals surface area contributed by atoms with E-state index in [1.807, 2.05) is 43.3 Å². The van der Waals surface area contributed by atoms with Gasteiger partial charge in [0.25, 0.3) is 0 Å². The molecule has 8 heteroatoms. The number of allylic oxidation sites excluding steroid dienone is 4. The lowest BCUT2D eigenvalue weighted by Gasteiger charge is -2.24. The fourth-order valence-electron chi connectivity index (χ4n) is 2.77. The predicted octanol–water partition coefficient (Wildman–Crippen LogP) is 4.98. The number of para-hydroxylation sites is 1. The van der Waals surface area contributed by atoms with Crippen molar-refractivity contribution in [3.8, 4) is 11.5 Å². The van der Waals surface area contributed by atoms with Crippen LogP contribution in [0.25, 0.3) is 0 Å². The second-order valence-electron chi connectivity index (χ2n) is 7.71. The van der Waals surface area contributed by atoms with E-state index in [4.69, 9.17) is 14.9 Å². The molecule has 0 aliphatic rings. The van der Waals surface area contributed by atoms with Crippen LogP contribution in [0.15, 0.2) is 86.0 Å². The molecular weight excluding hydrogens is 475 g/mol. The number of phenols is 1. The summed E-state index contributed by atoms with van der Waals surface area (Å²) in [6.45, 7) is 11.1. The maximum Gasteiger partial charge on any atom is 0.303 e. The van der Waals surface area contributed by atoms with Crippen molar-refractivity contribution < 1.29 is 28.9 Å². The number of aromatic hydroxyl groups is 1. The van der Waals surface area contributed by atoms with Crippen LogP contribution in [0.1, 0.15) is 25.3 Å². The van der Waals surface area contributed by atoms with Gasteiger partial charge in [0, 0.05) is 32.5 Å². The van der Waals surface area contributed by atoms with E-state index in [2.05, 4.69) is 18.5 Å². The van der Waals surface area contributed by atoms with Gasteiger partial charge in [-0.2, -0.15) is 0 Å². The summed E-state index contributed by atoms with van der Waals surface area (Å²) in [5.41, 5.74) is 0.977. The summed E-state index contributed by atoms with van der Waals surface area (Å²) >= 11 is 0. The third-order valence-electron chi connectivity index (χ3n) is 4.88. The molecule has 1 atom stereocenters. The van der Waals surface area contributed by atoms with Crippen LogP contribution in [0.2, 0.25) is 0 Å². The van der Waals surface area contributed by atoms with Gasteiger partial charge >= 0.3 is 5.97 Å². The third kappa shape index (κ3) is 17.2. The van der Waals surface area contributed by atoms with Crippen LogP contribution in [0, 0.1) is 5.82 Å². The molecule has 0 aliphatic heterocycles. The number of amides is 1. The zero-order valence-electron chi connectivity index (χ0n) is 21.7. The van der Waals surface area contributed by atoms with Crippen LogP contribution >= 0.6 is 0 Å². The van der Waals surface area contributed by atoms with Crippen LogP contribution in [0.5, 0.6) is 11.5 Å². The van der Waals surface area contributed by atoms with Crippen LogP contribution in [0.4, 0.5) is 4.39 Å². The Morgan fingerprint density at radius 3 is 2.22 bits per heavy atom. The standard InChI is InChI=1S/C17H26N2O4.C6H5FO.C6H8/c1-3-18-12-15(19(2)13-20)10-11-23-16-7-4-14(5-8-16)6-9-17(21)22;7-5-3-1-2-4-6(5)8;1-3-5-6-4-2/h4-5,7-8,13,15,18H,3,6,9-12H2,1-2H3,(H,21,22);1-4,8H;3-6H,1-2H2/b;;6-5-/t15-;;/m0../s1. The van der Waals surface area contributed by atoms with Gasteiger partial charge in [-0.3, -0.25) is 9.59 Å². The van der Waals surface area contributed by atoms with E-state index in [-0.39, 0.29) is 18.2 Å². The first-order valence-electron chi connectivity index (χ1n) is 11.9. The first-order valence-corrected chi connectivity index (χ1v) is 11.9. The van der Waals surface area contributed by atoms with Crippen LogP contribution in [-0.4, -0.2) is 60.3 Å². The van der Waals surface area contributed by atoms with E-state index in [0.29, 0.717) is 13.0 Å². The fraction of sp³-hybridized carbons (Fsp3) is 0.310. The minimum absolute atomic E-state index is 0.0993. The van der Waals surface area contributed by atoms with Gasteiger partial charge in [-0.05, 0) is 42.8 Å². The molecule has 0 saturated heterocycles. The number of aliphatic carboxylic acids is 1. The molecule has 0 unspecified atom stereocenters. The number of halogens is 1. The Hall–Kier alpha value is -3.91. The normalized spacial score (nSPS) is 10.7. The molecule has 3 N–H and O–H groups in total. The molecular formula is C29H39FN2O5. The molecule has 0 heterocycles. The van der Waals surface area contributed by atoms with Crippen molar-refractivity contribution in [3.63, 3.8) is 0 Å². The summed E-state index contributed by atoms with van der Waals surface area (Å²) in [5, 5.41) is 20.4. The number of benzene rings is 2. The number of carbonyl (C=O) groups is 2. The molecule has 2 aromatic carbocycles. The Balaban J connectivity index is 0.000000749. The number of likely N-dealkylation sites (N-methyl/N-ethyl adjacent to an activating group) is 2. The number of rotatable bonds is 14. The Labute approximate surface area is 219 Å². The second kappa shape index (κ2) is 21.4. The van der Waals surface area contributed by atoms with Gasteiger partial charge in [0.2, 0.25) is 6.41 Å². The highest BCUT2D eigenvalue weighted by atomic mass is 19.1. The van der Waals surface area contributed by atoms with Crippen LogP contribution in [0.3, 0.4) is 0 Å². The highest BCUT2D eigenvalue weighted by Gasteiger charge is 2.12. The molecule has 1 amide bonds. The first-order chi connectivity index (χ1) is 17.8. The molecule has 2 aromatic rings. The fourth-order valence-corrected chi connectivity index (χ4v) is 2.77. The molecule has 0 bridgehead atoms. The van der Waals surface area contributed by atoms with Gasteiger partial charge in [0.15, 0.2) is 11.6 Å². The van der Waals surface area contributed by atoms with Crippen molar-refractivity contribution in [2.24, 2.45) is 0 Å². The quantitative estimate of drug-likeness (QED) is 0.243. The largest absolute Gasteiger partial charge is 0.505 e. The molecule has 37 heavy (non-hydrogen) atoms. The highest BCUT2D eigenvalue weighted by molar-refractivity contribution is 5.67. The lowest BCUT2D eigenvalue weighted by Crippen LogP contribution is -2.40. The topological polar surface area (TPSA) is 99.1 Å². The molecule has 0 saturated carbocycles. The van der Waals surface area contributed by atoms with Crippen LogP contribution < -0.4 is 10.1 Å². The Kier molecular flexibility index (Phi) is 19.1. The molecule has 0 aromatic heterocycles. The van der Waals surface area contributed by atoms with Gasteiger partial charge in [0.05, 0.1) is 6.61 Å². The van der Waals surface area contributed by atoms with E-state index in [9.17, 15) is 14.0 Å². The summed E-state index contributed by atoms with van der Waals surface area (Å²) in [6.07, 6.45) is 9.29. The Morgan fingerprint density at radius 1 is 1.14 bits per heavy atom. The molecule has 0 radical (unpaired) electrons. The van der Waals surface area contributed by atoms with Crippen molar-refractivity contribution >= 4 is 12.4 Å². The van der Waals surface area contributed by atoms with E-state index < -0.39 is 11.8 Å². The lowest BCUT2D eigenvalue weighted by molar-refractivity contribution is -0.137. The third-order valence-corrected chi connectivity index (χ3v) is 4.88. The number of nitrogens with zero attached hydrogens (tertiary/aromatic N) is 1. The number of aryl methyl sites for hydroxylation is 1. The minimum Gasteiger partial charge on any atom is -0.505 e. The van der Waals surface area contributed by atoms with E-state index in [1.54, 1.807) is 30.2 Å². The number of hydrogen-bond acceptors (Lipinski definition) is 5. The lowest BCUT2D eigenvalue weighted by atomic mass is 10.1. The summed E-state index contributed by atoms with van der Waals surface area (Å²) in [6, 6.07) is 13.2. The zero-order chi connectivity index (χ0) is 27.9. The predicted molar refractivity (Wildman–Crippen MR) is 146 cm³/mol. The summed E-state index contributed by atoms with van der Waals surface area (Å²) in [5.74, 6) is -0.920. The summed E-state index contributed by atoms with van der Waals surface area (Å²) < 4.78 is 17.8. The van der Waals surface area contributed by atoms with Gasteiger partial charge in [0.1, 0.15) is 5.75 Å². The van der Waals surface area contributed by atoms with E-state index in [1.165, 1.54) is 18.2 Å². The first kappa shape index (κ1) is 33.1. The molecule has 2 rings (SSSR count). The maximum absolute atomic E-state index is 12.1. The molecule has 0 aliphatic carbocycles. The summed E-state index contributed by atoms with van der Waals surface area (Å²) in [4.78, 5) is 23.1. The van der Waals surface area contributed by atoms with Gasteiger partial charge in [-0.25, -0.2) is 4.39 Å². The van der Waals surface area contributed by atoms with Crippen molar-refractivity contribution in [2.75, 3.05) is 26.7 Å². The number of nitrogens with one attached hydrogen (secondary N) is 1.